The Bertz CT molecular complexity index is 312. The molecule has 0 spiro atoms. The minimum Gasteiger partial charge on any atom is -0.494 e. The molecule has 0 aliphatic heterocycles. The Hall–Kier alpha value is -1.51. The summed E-state index contributed by atoms with van der Waals surface area (Å²) in [5.41, 5.74) is 0.802. The van der Waals surface area contributed by atoms with E-state index in [1.165, 1.54) is 19.2 Å². The van der Waals surface area contributed by atoms with Crippen molar-refractivity contribution in [1.82, 2.24) is 0 Å². The van der Waals surface area contributed by atoms with Gasteiger partial charge in [0.05, 0.1) is 12.8 Å². The second kappa shape index (κ2) is 5.27. The van der Waals surface area contributed by atoms with Crippen molar-refractivity contribution in [2.24, 2.45) is 0 Å². The maximum Gasteiger partial charge on any atom is 0.144 e. The Labute approximate surface area is 83.4 Å². The Morgan fingerprint density at radius 3 is 3.00 bits per heavy atom. The largest absolute Gasteiger partial charge is 0.494 e. The quantitative estimate of drug-likeness (QED) is 0.576. The van der Waals surface area contributed by atoms with Crippen molar-refractivity contribution in [3.63, 3.8) is 0 Å². The summed E-state index contributed by atoms with van der Waals surface area (Å²) in [5.74, 6) is 0.227. The number of nitrogens with one attached hydrogen (secondary N) is 1. The summed E-state index contributed by atoms with van der Waals surface area (Å²) in [5, 5.41) is 3.13. The molecule has 1 N–H and O–H groups in total. The second-order valence-corrected chi connectivity index (χ2v) is 2.85. The van der Waals surface area contributed by atoms with E-state index in [1.807, 2.05) is 6.08 Å². The second-order valence-electron chi connectivity index (χ2n) is 2.85. The van der Waals surface area contributed by atoms with Crippen molar-refractivity contribution in [3.05, 3.63) is 36.7 Å². The van der Waals surface area contributed by atoms with Gasteiger partial charge >= 0.3 is 0 Å². The molecule has 0 radical (unpaired) electrons. The highest BCUT2D eigenvalue weighted by Crippen LogP contribution is 2.24. The lowest BCUT2D eigenvalue weighted by molar-refractivity contribution is 0.413. The fraction of sp³-hybridized carbons (Fsp3) is 0.273. The van der Waals surface area contributed by atoms with Crippen LogP contribution in [0.3, 0.4) is 0 Å². The van der Waals surface area contributed by atoms with Crippen LogP contribution in [0.4, 0.5) is 10.1 Å². The first-order chi connectivity index (χ1) is 6.77. The van der Waals surface area contributed by atoms with Crippen molar-refractivity contribution in [2.75, 3.05) is 19.0 Å². The molecule has 0 fully saturated rings. The van der Waals surface area contributed by atoms with Gasteiger partial charge in [-0.1, -0.05) is 6.08 Å². The lowest BCUT2D eigenvalue weighted by Gasteiger charge is -2.09. The molecule has 0 unspecified atom stereocenters. The summed E-state index contributed by atoms with van der Waals surface area (Å²) in [4.78, 5) is 0. The third kappa shape index (κ3) is 2.76. The van der Waals surface area contributed by atoms with Gasteiger partial charge in [-0.3, -0.25) is 0 Å². The predicted octanol–water partition coefficient (Wildman–Crippen LogP) is 2.82. The van der Waals surface area contributed by atoms with Crippen LogP contribution in [0.5, 0.6) is 5.75 Å². The Kier molecular flexibility index (Phi) is 3.98. The maximum atomic E-state index is 12.8. The third-order valence-electron chi connectivity index (χ3n) is 1.83. The van der Waals surface area contributed by atoms with E-state index in [0.29, 0.717) is 5.75 Å². The van der Waals surface area contributed by atoms with E-state index in [4.69, 9.17) is 4.74 Å². The zero-order valence-electron chi connectivity index (χ0n) is 8.22. The van der Waals surface area contributed by atoms with Gasteiger partial charge in [0, 0.05) is 12.6 Å². The zero-order valence-corrected chi connectivity index (χ0v) is 8.22. The molecule has 0 aliphatic rings. The fourth-order valence-corrected chi connectivity index (χ4v) is 1.12. The predicted molar refractivity (Wildman–Crippen MR) is 56.3 cm³/mol. The van der Waals surface area contributed by atoms with E-state index in [2.05, 4.69) is 11.9 Å². The van der Waals surface area contributed by atoms with Crippen LogP contribution in [0.15, 0.2) is 30.9 Å². The zero-order chi connectivity index (χ0) is 10.4. The van der Waals surface area contributed by atoms with Crippen LogP contribution in [0.2, 0.25) is 0 Å². The third-order valence-corrected chi connectivity index (χ3v) is 1.83. The molecule has 0 bridgehead atoms. The van der Waals surface area contributed by atoms with Gasteiger partial charge < -0.3 is 10.1 Å². The molecule has 0 heterocycles. The summed E-state index contributed by atoms with van der Waals surface area (Å²) in [6, 6.07) is 4.42. The fourth-order valence-electron chi connectivity index (χ4n) is 1.12. The highest BCUT2D eigenvalue weighted by Gasteiger charge is 2.02. The number of halogens is 1. The minimum atomic E-state index is -0.295. The Balaban J connectivity index is 2.69. The van der Waals surface area contributed by atoms with Crippen molar-refractivity contribution < 1.29 is 9.13 Å². The molecule has 0 atom stereocenters. The number of hydrogen-bond donors (Lipinski definition) is 1. The number of hydrogen-bond acceptors (Lipinski definition) is 2. The van der Waals surface area contributed by atoms with Gasteiger partial charge in [0.2, 0.25) is 0 Å². The number of methoxy groups -OCH3 is 1. The molecule has 76 valence electrons. The molecule has 1 aromatic carbocycles. The number of anilines is 1. The van der Waals surface area contributed by atoms with Gasteiger partial charge in [-0.25, -0.2) is 4.39 Å². The maximum absolute atomic E-state index is 12.8. The number of ether oxygens (including phenoxy) is 1. The van der Waals surface area contributed by atoms with E-state index in [0.717, 1.165) is 18.7 Å². The van der Waals surface area contributed by atoms with E-state index in [1.54, 1.807) is 6.07 Å². The van der Waals surface area contributed by atoms with Gasteiger partial charge in [0.25, 0.3) is 0 Å². The number of rotatable bonds is 5. The lowest BCUT2D eigenvalue weighted by atomic mass is 10.2. The lowest BCUT2D eigenvalue weighted by Crippen LogP contribution is -2.02. The van der Waals surface area contributed by atoms with Crippen molar-refractivity contribution in [3.8, 4) is 5.75 Å². The van der Waals surface area contributed by atoms with Gasteiger partial charge in [-0.2, -0.15) is 0 Å². The average molecular weight is 195 g/mol. The molecule has 0 amide bonds. The minimum absolute atomic E-state index is 0.295. The first-order valence-electron chi connectivity index (χ1n) is 4.46. The molecular formula is C11H14FNO. The molecule has 14 heavy (non-hydrogen) atoms. The van der Waals surface area contributed by atoms with Crippen LogP contribution in [0.1, 0.15) is 6.42 Å². The molecule has 0 saturated carbocycles. The van der Waals surface area contributed by atoms with Gasteiger partial charge in [-0.15, -0.1) is 6.58 Å². The average Bonchev–Trinajstić information content (AvgIpc) is 2.20. The first kappa shape index (κ1) is 10.6. The summed E-state index contributed by atoms with van der Waals surface area (Å²) < 4.78 is 17.8. The summed E-state index contributed by atoms with van der Waals surface area (Å²) in [7, 11) is 1.52. The highest BCUT2D eigenvalue weighted by molar-refractivity contribution is 5.56. The summed E-state index contributed by atoms with van der Waals surface area (Å²) in [6.07, 6.45) is 2.68. The van der Waals surface area contributed by atoms with Crippen molar-refractivity contribution in [2.45, 2.75) is 6.42 Å². The van der Waals surface area contributed by atoms with Crippen LogP contribution in [-0.4, -0.2) is 13.7 Å². The van der Waals surface area contributed by atoms with E-state index in [-0.39, 0.29) is 5.82 Å². The van der Waals surface area contributed by atoms with E-state index >= 15 is 0 Å². The standard InChI is InChI=1S/C11H14FNO/c1-3-4-7-13-10-6-5-9(12)8-11(10)14-2/h3,5-6,8,13H,1,4,7H2,2H3. The van der Waals surface area contributed by atoms with Crippen LogP contribution >= 0.6 is 0 Å². The first-order valence-corrected chi connectivity index (χ1v) is 4.46. The summed E-state index contributed by atoms with van der Waals surface area (Å²) >= 11 is 0. The van der Waals surface area contributed by atoms with Crippen LogP contribution < -0.4 is 10.1 Å². The van der Waals surface area contributed by atoms with Gasteiger partial charge in [-0.05, 0) is 18.6 Å². The van der Waals surface area contributed by atoms with Crippen LogP contribution in [0.25, 0.3) is 0 Å². The van der Waals surface area contributed by atoms with E-state index in [9.17, 15) is 4.39 Å². The van der Waals surface area contributed by atoms with Crippen molar-refractivity contribution >= 4 is 5.69 Å². The SMILES string of the molecule is C=CCCNc1ccc(F)cc1OC. The molecule has 2 nitrogen and oxygen atoms in total. The molecule has 0 saturated heterocycles. The molecule has 0 aliphatic carbocycles. The Morgan fingerprint density at radius 1 is 1.57 bits per heavy atom. The molecule has 0 aromatic heterocycles. The molecule has 1 aromatic rings. The molecule has 3 heteroatoms. The number of benzene rings is 1. The normalized spacial score (nSPS) is 9.57. The van der Waals surface area contributed by atoms with Crippen LogP contribution in [0, 0.1) is 5.82 Å². The van der Waals surface area contributed by atoms with E-state index < -0.39 is 0 Å². The monoisotopic (exact) mass is 195 g/mol. The smallest absolute Gasteiger partial charge is 0.144 e. The van der Waals surface area contributed by atoms with Crippen molar-refractivity contribution in [1.29, 1.82) is 0 Å². The molecule has 1 rings (SSSR count). The highest BCUT2D eigenvalue weighted by atomic mass is 19.1. The van der Waals surface area contributed by atoms with Gasteiger partial charge in [0.15, 0.2) is 0 Å². The van der Waals surface area contributed by atoms with Crippen LogP contribution in [-0.2, 0) is 0 Å². The molecular weight excluding hydrogens is 181 g/mol. The Morgan fingerprint density at radius 2 is 2.36 bits per heavy atom. The van der Waals surface area contributed by atoms with Gasteiger partial charge in [0.1, 0.15) is 11.6 Å². The topological polar surface area (TPSA) is 21.3 Å². The summed E-state index contributed by atoms with van der Waals surface area (Å²) in [6.45, 7) is 4.39.